The molecule has 1 atom stereocenters. The van der Waals surface area contributed by atoms with Crippen LogP contribution in [0.3, 0.4) is 0 Å². The van der Waals surface area contributed by atoms with Crippen LogP contribution in [-0.2, 0) is 20.4 Å². The van der Waals surface area contributed by atoms with Crippen molar-refractivity contribution in [1.82, 2.24) is 10.3 Å². The Kier molecular flexibility index (Phi) is 7.75. The minimum Gasteiger partial charge on any atom is -0.347 e. The minimum atomic E-state index is -1.13. The molecule has 0 fully saturated rings. The van der Waals surface area contributed by atoms with E-state index in [1.54, 1.807) is 30.5 Å². The lowest BCUT2D eigenvalue weighted by Crippen LogP contribution is -2.32. The standard InChI is InChI=1S/C17H18BrN3O3S/c18-13-5-7-15(8-6-13)25(24)10-2-4-16(22)20-12-17(23)21-14-3-1-9-19-11-14/h1,3,5-9,11H,2,4,10,12H2,(H,20,22)(H,21,23). The molecule has 2 amide bonds. The van der Waals surface area contributed by atoms with E-state index >= 15 is 0 Å². The summed E-state index contributed by atoms with van der Waals surface area (Å²) in [6.45, 7) is -0.108. The highest BCUT2D eigenvalue weighted by atomic mass is 79.9. The second-order valence-corrected chi connectivity index (χ2v) is 7.66. The van der Waals surface area contributed by atoms with E-state index in [0.29, 0.717) is 17.9 Å². The van der Waals surface area contributed by atoms with Gasteiger partial charge in [0.1, 0.15) is 0 Å². The van der Waals surface area contributed by atoms with Crippen molar-refractivity contribution in [3.05, 3.63) is 53.3 Å². The number of nitrogens with one attached hydrogen (secondary N) is 2. The van der Waals surface area contributed by atoms with Crippen LogP contribution >= 0.6 is 15.9 Å². The molecule has 0 radical (unpaired) electrons. The maximum Gasteiger partial charge on any atom is 0.243 e. The fraction of sp³-hybridized carbons (Fsp3) is 0.235. The van der Waals surface area contributed by atoms with Crippen LogP contribution in [0.25, 0.3) is 0 Å². The molecule has 2 N–H and O–H groups in total. The Morgan fingerprint density at radius 3 is 2.56 bits per heavy atom. The maximum absolute atomic E-state index is 12.1. The Morgan fingerprint density at radius 1 is 1.12 bits per heavy atom. The molecule has 1 aromatic heterocycles. The molecule has 132 valence electrons. The van der Waals surface area contributed by atoms with Crippen LogP contribution in [0.2, 0.25) is 0 Å². The van der Waals surface area contributed by atoms with Gasteiger partial charge >= 0.3 is 0 Å². The molecule has 1 unspecified atom stereocenters. The van der Waals surface area contributed by atoms with Gasteiger partial charge in [0.15, 0.2) is 0 Å². The Morgan fingerprint density at radius 2 is 1.88 bits per heavy atom. The lowest BCUT2D eigenvalue weighted by molar-refractivity contribution is -0.124. The lowest BCUT2D eigenvalue weighted by Gasteiger charge is -2.07. The van der Waals surface area contributed by atoms with E-state index in [1.165, 1.54) is 6.20 Å². The van der Waals surface area contributed by atoms with Crippen molar-refractivity contribution in [3.8, 4) is 0 Å². The molecule has 0 aliphatic heterocycles. The van der Waals surface area contributed by atoms with Gasteiger partial charge in [-0.2, -0.15) is 0 Å². The van der Waals surface area contributed by atoms with Crippen LogP contribution in [-0.4, -0.2) is 33.3 Å². The molecular weight excluding hydrogens is 406 g/mol. The number of nitrogens with zero attached hydrogens (tertiary/aromatic N) is 1. The number of rotatable bonds is 8. The second-order valence-electron chi connectivity index (χ2n) is 5.17. The molecule has 8 heteroatoms. The van der Waals surface area contributed by atoms with Crippen LogP contribution in [0.1, 0.15) is 12.8 Å². The van der Waals surface area contributed by atoms with Gasteiger partial charge in [0.05, 0.1) is 29.2 Å². The number of benzene rings is 1. The van der Waals surface area contributed by atoms with E-state index in [4.69, 9.17) is 0 Å². The van der Waals surface area contributed by atoms with Crippen LogP contribution in [0.15, 0.2) is 58.2 Å². The normalized spacial score (nSPS) is 11.6. The first kappa shape index (κ1) is 19.3. The largest absolute Gasteiger partial charge is 0.347 e. The zero-order valence-electron chi connectivity index (χ0n) is 13.4. The molecule has 0 saturated heterocycles. The third-order valence-corrected chi connectivity index (χ3v) is 5.19. The number of amides is 2. The third kappa shape index (κ3) is 7.15. The molecule has 0 spiro atoms. The molecule has 25 heavy (non-hydrogen) atoms. The monoisotopic (exact) mass is 423 g/mol. The highest BCUT2D eigenvalue weighted by Gasteiger charge is 2.08. The Balaban J connectivity index is 1.64. The summed E-state index contributed by atoms with van der Waals surface area (Å²) in [5, 5.41) is 5.18. The predicted octanol–water partition coefficient (Wildman–Crippen LogP) is 2.49. The van der Waals surface area contributed by atoms with E-state index < -0.39 is 10.8 Å². The first-order chi connectivity index (χ1) is 12.0. The average molecular weight is 424 g/mol. The summed E-state index contributed by atoms with van der Waals surface area (Å²) >= 11 is 3.33. The van der Waals surface area contributed by atoms with E-state index in [2.05, 4.69) is 31.5 Å². The zero-order valence-corrected chi connectivity index (χ0v) is 15.8. The Bertz CT molecular complexity index is 739. The van der Waals surface area contributed by atoms with Crippen LogP contribution < -0.4 is 10.6 Å². The van der Waals surface area contributed by atoms with Crippen LogP contribution in [0, 0.1) is 0 Å². The second kappa shape index (κ2) is 10.0. The summed E-state index contributed by atoms with van der Waals surface area (Å²) in [6.07, 6.45) is 3.84. The summed E-state index contributed by atoms with van der Waals surface area (Å²) in [5.41, 5.74) is 0.576. The van der Waals surface area contributed by atoms with Crippen LogP contribution in [0.5, 0.6) is 0 Å². The van der Waals surface area contributed by atoms with Crippen molar-refractivity contribution < 1.29 is 13.8 Å². The summed E-state index contributed by atoms with van der Waals surface area (Å²) in [5.74, 6) is -0.161. The number of aromatic nitrogens is 1. The van der Waals surface area contributed by atoms with Crippen molar-refractivity contribution in [2.45, 2.75) is 17.7 Å². The summed E-state index contributed by atoms with van der Waals surface area (Å²) < 4.78 is 13.0. The van der Waals surface area contributed by atoms with E-state index in [-0.39, 0.29) is 24.8 Å². The number of anilines is 1. The van der Waals surface area contributed by atoms with Gasteiger partial charge < -0.3 is 10.6 Å². The molecule has 2 rings (SSSR count). The van der Waals surface area contributed by atoms with Crippen LogP contribution in [0.4, 0.5) is 5.69 Å². The Hall–Kier alpha value is -2.06. The molecule has 1 aromatic carbocycles. The number of halogens is 1. The SMILES string of the molecule is O=C(CCCS(=O)c1ccc(Br)cc1)NCC(=O)Nc1cccnc1. The van der Waals surface area contributed by atoms with Crippen molar-refractivity contribution in [1.29, 1.82) is 0 Å². The Labute approximate surface area is 157 Å². The van der Waals surface area contributed by atoms with Crippen molar-refractivity contribution in [2.75, 3.05) is 17.6 Å². The first-order valence-electron chi connectivity index (χ1n) is 7.65. The minimum absolute atomic E-state index is 0.108. The first-order valence-corrected chi connectivity index (χ1v) is 9.76. The molecule has 0 aliphatic rings. The van der Waals surface area contributed by atoms with Gasteiger partial charge in [-0.1, -0.05) is 15.9 Å². The van der Waals surface area contributed by atoms with Gasteiger partial charge in [0, 0.05) is 27.7 Å². The molecular formula is C17H18BrN3O3S. The van der Waals surface area contributed by atoms with Crippen molar-refractivity contribution in [2.24, 2.45) is 0 Å². The van der Waals surface area contributed by atoms with Gasteiger partial charge in [-0.25, -0.2) is 0 Å². The van der Waals surface area contributed by atoms with Gasteiger partial charge in [0.2, 0.25) is 11.8 Å². The third-order valence-electron chi connectivity index (χ3n) is 3.20. The highest BCUT2D eigenvalue weighted by molar-refractivity contribution is 9.10. The molecule has 1 heterocycles. The average Bonchev–Trinajstić information content (AvgIpc) is 2.61. The van der Waals surface area contributed by atoms with Gasteiger partial charge in [-0.15, -0.1) is 0 Å². The number of hydrogen-bond donors (Lipinski definition) is 2. The van der Waals surface area contributed by atoms with Crippen molar-refractivity contribution >= 4 is 44.2 Å². The number of pyridine rings is 1. The number of hydrogen-bond acceptors (Lipinski definition) is 4. The van der Waals surface area contributed by atoms with Crippen molar-refractivity contribution in [3.63, 3.8) is 0 Å². The lowest BCUT2D eigenvalue weighted by atomic mass is 10.3. The molecule has 0 bridgehead atoms. The fourth-order valence-electron chi connectivity index (χ4n) is 1.98. The van der Waals surface area contributed by atoms with Gasteiger partial charge in [0.25, 0.3) is 0 Å². The maximum atomic E-state index is 12.1. The summed E-state index contributed by atoms with van der Waals surface area (Å²) in [7, 11) is -1.13. The molecule has 2 aromatic rings. The molecule has 6 nitrogen and oxygen atoms in total. The predicted molar refractivity (Wildman–Crippen MR) is 101 cm³/mol. The topological polar surface area (TPSA) is 88.2 Å². The van der Waals surface area contributed by atoms with Gasteiger partial charge in [-0.3, -0.25) is 18.8 Å². The highest BCUT2D eigenvalue weighted by Crippen LogP contribution is 2.14. The van der Waals surface area contributed by atoms with Gasteiger partial charge in [-0.05, 0) is 42.8 Å². The summed E-state index contributed by atoms with van der Waals surface area (Å²) in [4.78, 5) is 28.1. The molecule has 0 aliphatic carbocycles. The quantitative estimate of drug-likeness (QED) is 0.682. The number of carbonyl (C=O) groups is 2. The molecule has 0 saturated carbocycles. The summed E-state index contributed by atoms with van der Waals surface area (Å²) in [6, 6.07) is 10.7. The number of carbonyl (C=O) groups excluding carboxylic acids is 2. The van der Waals surface area contributed by atoms with E-state index in [9.17, 15) is 13.8 Å². The zero-order chi connectivity index (χ0) is 18.1. The smallest absolute Gasteiger partial charge is 0.243 e. The fourth-order valence-corrected chi connectivity index (χ4v) is 3.32. The van der Waals surface area contributed by atoms with E-state index in [1.807, 2.05) is 12.1 Å². The van der Waals surface area contributed by atoms with E-state index in [0.717, 1.165) is 9.37 Å².